The number of carbonyl (C=O) groups is 1. The SMILES string of the molecule is Cc1ccc(S(=O)(=O)N(CC(=O)N[C@H](C)c2ccc(Br)cc2)Cc2ccccc2F)cc1. The molecule has 0 radical (unpaired) electrons. The van der Waals surface area contributed by atoms with E-state index in [4.69, 9.17) is 0 Å². The monoisotopic (exact) mass is 518 g/mol. The Bertz CT molecular complexity index is 1180. The fourth-order valence-electron chi connectivity index (χ4n) is 3.18. The predicted molar refractivity (Wildman–Crippen MR) is 126 cm³/mol. The molecule has 0 bridgehead atoms. The maximum Gasteiger partial charge on any atom is 0.243 e. The summed E-state index contributed by atoms with van der Waals surface area (Å²) in [6, 6.07) is 19.4. The average molecular weight is 519 g/mol. The minimum absolute atomic E-state index is 0.0493. The zero-order valence-electron chi connectivity index (χ0n) is 17.8. The van der Waals surface area contributed by atoms with Gasteiger partial charge in [-0.05, 0) is 49.7 Å². The van der Waals surface area contributed by atoms with Crippen molar-refractivity contribution < 1.29 is 17.6 Å². The number of halogens is 2. The molecule has 5 nitrogen and oxygen atoms in total. The number of rotatable bonds is 8. The van der Waals surface area contributed by atoms with Crippen LogP contribution in [0.4, 0.5) is 4.39 Å². The van der Waals surface area contributed by atoms with Crippen LogP contribution in [0.1, 0.15) is 29.7 Å². The van der Waals surface area contributed by atoms with Crippen molar-refractivity contribution in [2.24, 2.45) is 0 Å². The third-order valence-corrected chi connectivity index (χ3v) is 7.37. The van der Waals surface area contributed by atoms with Gasteiger partial charge in [0.2, 0.25) is 15.9 Å². The molecular formula is C24H24BrFN2O3S. The molecule has 0 unspecified atom stereocenters. The molecule has 0 heterocycles. The van der Waals surface area contributed by atoms with Gasteiger partial charge in [-0.25, -0.2) is 12.8 Å². The smallest absolute Gasteiger partial charge is 0.243 e. The summed E-state index contributed by atoms with van der Waals surface area (Å²) in [6.45, 7) is 2.97. The molecule has 0 aliphatic carbocycles. The van der Waals surface area contributed by atoms with E-state index in [2.05, 4.69) is 21.2 Å². The molecule has 0 saturated carbocycles. The van der Waals surface area contributed by atoms with E-state index in [0.29, 0.717) is 0 Å². The lowest BCUT2D eigenvalue weighted by atomic mass is 10.1. The number of carbonyl (C=O) groups excluding carboxylic acids is 1. The second-order valence-electron chi connectivity index (χ2n) is 7.52. The van der Waals surface area contributed by atoms with Gasteiger partial charge in [0.15, 0.2) is 0 Å². The van der Waals surface area contributed by atoms with Gasteiger partial charge in [-0.3, -0.25) is 4.79 Å². The van der Waals surface area contributed by atoms with E-state index < -0.39 is 28.3 Å². The molecule has 1 N–H and O–H groups in total. The number of nitrogens with zero attached hydrogens (tertiary/aromatic N) is 1. The highest BCUT2D eigenvalue weighted by Crippen LogP contribution is 2.21. The first-order chi connectivity index (χ1) is 15.2. The molecule has 1 amide bonds. The van der Waals surface area contributed by atoms with Crippen LogP contribution in [-0.2, 0) is 21.4 Å². The minimum Gasteiger partial charge on any atom is -0.348 e. The molecule has 3 aromatic carbocycles. The Morgan fingerprint density at radius 3 is 2.28 bits per heavy atom. The summed E-state index contributed by atoms with van der Waals surface area (Å²) >= 11 is 3.37. The molecule has 8 heteroatoms. The van der Waals surface area contributed by atoms with Gasteiger partial charge in [-0.15, -0.1) is 0 Å². The molecule has 32 heavy (non-hydrogen) atoms. The molecule has 0 aliphatic rings. The third kappa shape index (κ3) is 6.03. The van der Waals surface area contributed by atoms with Crippen LogP contribution in [0, 0.1) is 12.7 Å². The van der Waals surface area contributed by atoms with Gasteiger partial charge in [0.1, 0.15) is 5.82 Å². The van der Waals surface area contributed by atoms with Gasteiger partial charge >= 0.3 is 0 Å². The van der Waals surface area contributed by atoms with Crippen LogP contribution < -0.4 is 5.32 Å². The lowest BCUT2D eigenvalue weighted by Gasteiger charge is -2.23. The Balaban J connectivity index is 1.84. The van der Waals surface area contributed by atoms with Gasteiger partial charge in [0, 0.05) is 16.6 Å². The standard InChI is InChI=1S/C24H24BrFN2O3S/c1-17-7-13-22(14-8-17)32(30,31)28(15-20-5-3-4-6-23(20)26)16-24(29)27-18(2)19-9-11-21(25)12-10-19/h3-14,18H,15-16H2,1-2H3,(H,27,29)/t18-/m1/s1. The highest BCUT2D eigenvalue weighted by molar-refractivity contribution is 9.10. The fraction of sp³-hybridized carbons (Fsp3) is 0.208. The Hall–Kier alpha value is -2.55. The normalized spacial score (nSPS) is 12.5. The molecule has 0 spiro atoms. The van der Waals surface area contributed by atoms with Crippen LogP contribution in [0.3, 0.4) is 0 Å². The van der Waals surface area contributed by atoms with Gasteiger partial charge in [-0.1, -0.05) is 64.0 Å². The summed E-state index contributed by atoms with van der Waals surface area (Å²) in [5, 5.41) is 2.83. The van der Waals surface area contributed by atoms with Gasteiger partial charge in [0.25, 0.3) is 0 Å². The van der Waals surface area contributed by atoms with Crippen molar-refractivity contribution in [2.45, 2.75) is 31.3 Å². The largest absolute Gasteiger partial charge is 0.348 e. The first kappa shape index (κ1) is 24.1. The molecule has 0 aliphatic heterocycles. The highest BCUT2D eigenvalue weighted by atomic mass is 79.9. The number of hydrogen-bond donors (Lipinski definition) is 1. The summed E-state index contributed by atoms with van der Waals surface area (Å²) in [5.74, 6) is -1.01. The first-order valence-electron chi connectivity index (χ1n) is 10.0. The zero-order chi connectivity index (χ0) is 23.3. The van der Waals surface area contributed by atoms with Crippen molar-refractivity contribution in [3.63, 3.8) is 0 Å². The van der Waals surface area contributed by atoms with Crippen LogP contribution in [0.2, 0.25) is 0 Å². The van der Waals surface area contributed by atoms with E-state index in [1.165, 1.54) is 30.3 Å². The van der Waals surface area contributed by atoms with E-state index in [0.717, 1.165) is 19.9 Å². The van der Waals surface area contributed by atoms with E-state index in [1.54, 1.807) is 18.2 Å². The summed E-state index contributed by atoms with van der Waals surface area (Å²) in [5.41, 5.74) is 1.98. The molecule has 168 valence electrons. The minimum atomic E-state index is -4.03. The van der Waals surface area contributed by atoms with Gasteiger partial charge < -0.3 is 5.32 Å². The van der Waals surface area contributed by atoms with Crippen LogP contribution in [0.25, 0.3) is 0 Å². The molecule has 3 aromatic rings. The van der Waals surface area contributed by atoms with Crippen molar-refractivity contribution in [1.82, 2.24) is 9.62 Å². The van der Waals surface area contributed by atoms with Crippen LogP contribution in [0.5, 0.6) is 0 Å². The number of aryl methyl sites for hydroxylation is 1. The number of nitrogens with one attached hydrogen (secondary N) is 1. The molecule has 0 aromatic heterocycles. The Kier molecular flexibility index (Phi) is 7.82. The molecule has 0 fully saturated rings. The maximum atomic E-state index is 14.3. The van der Waals surface area contributed by atoms with Gasteiger partial charge in [0.05, 0.1) is 17.5 Å². The lowest BCUT2D eigenvalue weighted by molar-refractivity contribution is -0.122. The fourth-order valence-corrected chi connectivity index (χ4v) is 4.82. The average Bonchev–Trinajstić information content (AvgIpc) is 2.75. The molecule has 3 rings (SSSR count). The second kappa shape index (κ2) is 10.4. The predicted octanol–water partition coefficient (Wildman–Crippen LogP) is 4.96. The van der Waals surface area contributed by atoms with Crippen molar-refractivity contribution in [1.29, 1.82) is 0 Å². The first-order valence-corrected chi connectivity index (χ1v) is 12.2. The molecule has 0 saturated heterocycles. The third-order valence-electron chi connectivity index (χ3n) is 5.03. The molecular weight excluding hydrogens is 495 g/mol. The Labute approximate surface area is 196 Å². The van der Waals surface area contributed by atoms with Crippen molar-refractivity contribution in [3.8, 4) is 0 Å². The number of hydrogen-bond acceptors (Lipinski definition) is 3. The van der Waals surface area contributed by atoms with Crippen LogP contribution in [-0.4, -0.2) is 25.2 Å². The summed E-state index contributed by atoms with van der Waals surface area (Å²) in [6.07, 6.45) is 0. The van der Waals surface area contributed by atoms with Gasteiger partial charge in [-0.2, -0.15) is 4.31 Å². The number of sulfonamides is 1. The zero-order valence-corrected chi connectivity index (χ0v) is 20.2. The number of amides is 1. The van der Waals surface area contributed by atoms with Crippen LogP contribution in [0.15, 0.2) is 82.2 Å². The topological polar surface area (TPSA) is 66.5 Å². The lowest BCUT2D eigenvalue weighted by Crippen LogP contribution is -2.41. The summed E-state index contributed by atoms with van der Waals surface area (Å²) < 4.78 is 42.8. The van der Waals surface area contributed by atoms with Crippen molar-refractivity contribution >= 4 is 31.9 Å². The van der Waals surface area contributed by atoms with E-state index in [1.807, 2.05) is 38.1 Å². The second-order valence-corrected chi connectivity index (χ2v) is 10.4. The quantitative estimate of drug-likeness (QED) is 0.458. The van der Waals surface area contributed by atoms with Crippen molar-refractivity contribution in [2.75, 3.05) is 6.54 Å². The Morgan fingerprint density at radius 2 is 1.66 bits per heavy atom. The Morgan fingerprint density at radius 1 is 1.03 bits per heavy atom. The maximum absolute atomic E-state index is 14.3. The summed E-state index contributed by atoms with van der Waals surface area (Å²) in [4.78, 5) is 12.8. The van der Waals surface area contributed by atoms with Crippen molar-refractivity contribution in [3.05, 3.63) is 99.8 Å². The van der Waals surface area contributed by atoms with E-state index in [9.17, 15) is 17.6 Å². The van der Waals surface area contributed by atoms with Crippen LogP contribution >= 0.6 is 15.9 Å². The van der Waals surface area contributed by atoms with E-state index >= 15 is 0 Å². The summed E-state index contributed by atoms with van der Waals surface area (Å²) in [7, 11) is -4.03. The highest BCUT2D eigenvalue weighted by Gasteiger charge is 2.28. The molecule has 1 atom stereocenters. The number of benzene rings is 3. The van der Waals surface area contributed by atoms with E-state index in [-0.39, 0.29) is 23.0 Å².